The minimum atomic E-state index is -1.28. The zero-order valence-corrected chi connectivity index (χ0v) is 23.0. The molecule has 0 radical (unpaired) electrons. The molecular formula is C30H43NO6. The van der Waals surface area contributed by atoms with Crippen molar-refractivity contribution in [3.05, 3.63) is 53.6 Å². The van der Waals surface area contributed by atoms with E-state index in [0.29, 0.717) is 43.2 Å². The highest BCUT2D eigenvalue weighted by molar-refractivity contribution is 5.79. The number of carbonyl (C=O) groups excluding carboxylic acids is 1. The van der Waals surface area contributed by atoms with Gasteiger partial charge in [-0.25, -0.2) is 4.79 Å². The summed E-state index contributed by atoms with van der Waals surface area (Å²) in [6, 6.07) is 13.0. The molecule has 0 unspecified atom stereocenters. The average Bonchev–Trinajstić information content (AvgIpc) is 2.90. The average molecular weight is 514 g/mol. The van der Waals surface area contributed by atoms with Crippen molar-refractivity contribution in [3.8, 4) is 17.2 Å². The van der Waals surface area contributed by atoms with Gasteiger partial charge in [-0.1, -0.05) is 57.7 Å². The number of hydrogen-bond acceptors (Lipinski definition) is 5. The molecule has 2 aromatic rings. The zero-order valence-electron chi connectivity index (χ0n) is 23.0. The SMILES string of the molecule is CCCCCCCN(CCc1cccc(O[C@@](C)(CC)C(=O)O)c1)C(=O)Cc1ccc(OC)cc1OC. The van der Waals surface area contributed by atoms with Crippen LogP contribution < -0.4 is 14.2 Å². The maximum atomic E-state index is 13.4. The largest absolute Gasteiger partial charge is 0.497 e. The van der Waals surface area contributed by atoms with Gasteiger partial charge in [0.05, 0.1) is 20.6 Å². The lowest BCUT2D eigenvalue weighted by molar-refractivity contribution is -0.154. The van der Waals surface area contributed by atoms with Gasteiger partial charge in [-0.05, 0) is 49.9 Å². The van der Waals surface area contributed by atoms with Crippen LogP contribution in [0.2, 0.25) is 0 Å². The summed E-state index contributed by atoms with van der Waals surface area (Å²) >= 11 is 0. The van der Waals surface area contributed by atoms with E-state index in [1.165, 1.54) is 19.3 Å². The predicted molar refractivity (Wildman–Crippen MR) is 146 cm³/mol. The molecule has 1 N–H and O–H groups in total. The number of ether oxygens (including phenoxy) is 3. The number of carboxylic acids is 1. The normalized spacial score (nSPS) is 12.5. The molecule has 1 amide bonds. The number of rotatable bonds is 17. The van der Waals surface area contributed by atoms with Gasteiger partial charge in [0.25, 0.3) is 0 Å². The third kappa shape index (κ3) is 9.30. The fraction of sp³-hybridized carbons (Fsp3) is 0.533. The van der Waals surface area contributed by atoms with Gasteiger partial charge in [0.1, 0.15) is 17.2 Å². The number of benzene rings is 2. The fourth-order valence-corrected chi connectivity index (χ4v) is 4.10. The topological polar surface area (TPSA) is 85.3 Å². The van der Waals surface area contributed by atoms with E-state index in [4.69, 9.17) is 14.2 Å². The van der Waals surface area contributed by atoms with Gasteiger partial charge in [-0.2, -0.15) is 0 Å². The lowest BCUT2D eigenvalue weighted by Gasteiger charge is -2.26. The summed E-state index contributed by atoms with van der Waals surface area (Å²) in [7, 11) is 3.20. The van der Waals surface area contributed by atoms with E-state index in [0.717, 1.165) is 24.0 Å². The summed E-state index contributed by atoms with van der Waals surface area (Å²) < 4.78 is 16.6. The van der Waals surface area contributed by atoms with E-state index in [-0.39, 0.29) is 12.3 Å². The number of aliphatic carboxylic acids is 1. The molecule has 0 spiro atoms. The third-order valence-electron chi connectivity index (χ3n) is 6.76. The Morgan fingerprint density at radius 3 is 2.32 bits per heavy atom. The number of hydrogen-bond donors (Lipinski definition) is 1. The molecule has 0 aliphatic rings. The molecule has 0 heterocycles. The minimum absolute atomic E-state index is 0.0517. The van der Waals surface area contributed by atoms with Crippen molar-refractivity contribution in [2.24, 2.45) is 0 Å². The summed E-state index contributed by atoms with van der Waals surface area (Å²) in [4.78, 5) is 27.0. The van der Waals surface area contributed by atoms with E-state index >= 15 is 0 Å². The van der Waals surface area contributed by atoms with Crippen LogP contribution >= 0.6 is 0 Å². The highest BCUT2D eigenvalue weighted by atomic mass is 16.5. The number of methoxy groups -OCH3 is 2. The lowest BCUT2D eigenvalue weighted by atomic mass is 10.0. The molecule has 0 aromatic heterocycles. The number of amides is 1. The van der Waals surface area contributed by atoms with Crippen molar-refractivity contribution in [3.63, 3.8) is 0 Å². The minimum Gasteiger partial charge on any atom is -0.497 e. The van der Waals surface area contributed by atoms with Crippen molar-refractivity contribution in [2.75, 3.05) is 27.3 Å². The van der Waals surface area contributed by atoms with E-state index in [1.54, 1.807) is 40.2 Å². The van der Waals surface area contributed by atoms with Crippen LogP contribution in [0.5, 0.6) is 17.2 Å². The molecular weight excluding hydrogens is 470 g/mol. The molecule has 1 atom stereocenters. The summed E-state index contributed by atoms with van der Waals surface area (Å²) in [5.74, 6) is 0.900. The van der Waals surface area contributed by atoms with Crippen LogP contribution in [-0.2, 0) is 22.4 Å². The molecule has 0 aliphatic carbocycles. The van der Waals surface area contributed by atoms with Crippen LogP contribution in [0.4, 0.5) is 0 Å². The molecule has 0 saturated carbocycles. The van der Waals surface area contributed by atoms with Crippen LogP contribution in [0, 0.1) is 0 Å². The summed E-state index contributed by atoms with van der Waals surface area (Å²) in [6.07, 6.45) is 6.85. The Labute approximate surface area is 221 Å². The molecule has 7 nitrogen and oxygen atoms in total. The Hall–Kier alpha value is -3.22. The van der Waals surface area contributed by atoms with Gasteiger partial charge in [-0.3, -0.25) is 4.79 Å². The quantitative estimate of drug-likeness (QED) is 0.264. The molecule has 37 heavy (non-hydrogen) atoms. The Bertz CT molecular complexity index is 1010. The summed E-state index contributed by atoms with van der Waals surface area (Å²) in [6.45, 7) is 6.83. The molecule has 7 heteroatoms. The van der Waals surface area contributed by atoms with Crippen LogP contribution in [0.3, 0.4) is 0 Å². The second kappa shape index (κ2) is 15.1. The highest BCUT2D eigenvalue weighted by Gasteiger charge is 2.33. The maximum absolute atomic E-state index is 13.4. The predicted octanol–water partition coefficient (Wildman–Crippen LogP) is 5.92. The molecule has 2 rings (SSSR count). The van der Waals surface area contributed by atoms with Crippen LogP contribution in [-0.4, -0.2) is 54.8 Å². The molecule has 0 bridgehead atoms. The van der Waals surface area contributed by atoms with Crippen LogP contribution in [0.1, 0.15) is 70.4 Å². The van der Waals surface area contributed by atoms with E-state index < -0.39 is 11.6 Å². The van der Waals surface area contributed by atoms with Crippen molar-refractivity contribution in [1.82, 2.24) is 4.90 Å². The number of unbranched alkanes of at least 4 members (excludes halogenated alkanes) is 4. The van der Waals surface area contributed by atoms with Gasteiger partial charge in [0.2, 0.25) is 11.5 Å². The van der Waals surface area contributed by atoms with E-state index in [9.17, 15) is 14.7 Å². The maximum Gasteiger partial charge on any atom is 0.347 e. The molecule has 0 saturated heterocycles. The molecule has 0 aliphatic heterocycles. The van der Waals surface area contributed by atoms with Gasteiger partial charge in [0.15, 0.2) is 0 Å². The Morgan fingerprint density at radius 2 is 1.68 bits per heavy atom. The molecule has 0 fully saturated rings. The van der Waals surface area contributed by atoms with Crippen molar-refractivity contribution in [2.45, 2.75) is 77.7 Å². The first kappa shape index (κ1) is 30.0. The molecule has 204 valence electrons. The first-order valence-corrected chi connectivity index (χ1v) is 13.3. The Morgan fingerprint density at radius 1 is 0.919 bits per heavy atom. The van der Waals surface area contributed by atoms with Gasteiger partial charge < -0.3 is 24.2 Å². The Balaban J connectivity index is 2.12. The van der Waals surface area contributed by atoms with Crippen LogP contribution in [0.25, 0.3) is 0 Å². The highest BCUT2D eigenvalue weighted by Crippen LogP contribution is 2.26. The smallest absolute Gasteiger partial charge is 0.347 e. The van der Waals surface area contributed by atoms with E-state index in [2.05, 4.69) is 6.92 Å². The first-order valence-electron chi connectivity index (χ1n) is 13.3. The standard InChI is InChI=1S/C30H43NO6/c1-6-8-9-10-11-18-31(28(32)21-24-15-16-25(35-4)22-27(24)36-5)19-17-23-13-12-14-26(20-23)37-30(3,7-2)29(33)34/h12-16,20,22H,6-11,17-19,21H2,1-5H3,(H,33,34)/t30-/m0/s1. The zero-order chi connectivity index (χ0) is 27.3. The second-order valence-corrected chi connectivity index (χ2v) is 9.54. The van der Waals surface area contributed by atoms with Gasteiger partial charge in [-0.15, -0.1) is 0 Å². The first-order chi connectivity index (χ1) is 17.8. The summed E-state index contributed by atoms with van der Waals surface area (Å²) in [5, 5.41) is 9.54. The number of carbonyl (C=O) groups is 2. The summed E-state index contributed by atoms with van der Waals surface area (Å²) in [5.41, 5.74) is 0.538. The van der Waals surface area contributed by atoms with Crippen molar-refractivity contribution < 1.29 is 28.9 Å². The van der Waals surface area contributed by atoms with Crippen molar-refractivity contribution >= 4 is 11.9 Å². The second-order valence-electron chi connectivity index (χ2n) is 9.54. The lowest BCUT2D eigenvalue weighted by Crippen LogP contribution is -2.40. The fourth-order valence-electron chi connectivity index (χ4n) is 4.10. The van der Waals surface area contributed by atoms with Crippen molar-refractivity contribution in [1.29, 1.82) is 0 Å². The number of nitrogens with zero attached hydrogens (tertiary/aromatic N) is 1. The monoisotopic (exact) mass is 513 g/mol. The Kier molecular flexibility index (Phi) is 12.3. The van der Waals surface area contributed by atoms with Gasteiger partial charge >= 0.3 is 5.97 Å². The van der Waals surface area contributed by atoms with Crippen LogP contribution in [0.15, 0.2) is 42.5 Å². The van der Waals surface area contributed by atoms with Gasteiger partial charge in [0, 0.05) is 24.7 Å². The third-order valence-corrected chi connectivity index (χ3v) is 6.76. The molecule has 2 aromatic carbocycles. The number of carboxylic acid groups (broad SMARTS) is 1. The van der Waals surface area contributed by atoms with E-state index in [1.807, 2.05) is 35.2 Å².